The molecule has 120 valence electrons. The summed E-state index contributed by atoms with van der Waals surface area (Å²) in [5.41, 5.74) is 0.534. The first-order valence-corrected chi connectivity index (χ1v) is 9.32. The molecule has 5 nitrogen and oxygen atoms in total. The van der Waals surface area contributed by atoms with Crippen molar-refractivity contribution < 1.29 is 13.2 Å². The minimum absolute atomic E-state index is 0.0500. The molecule has 0 atom stereocenters. The number of rotatable bonds is 6. The zero-order valence-electron chi connectivity index (χ0n) is 12.8. The highest BCUT2D eigenvalue weighted by Gasteiger charge is 2.28. The molecule has 2 aliphatic carbocycles. The summed E-state index contributed by atoms with van der Waals surface area (Å²) in [4.78, 5) is 14.3. The Hall–Kier alpha value is -1.40. The Kier molecular flexibility index (Phi) is 4.23. The molecule has 6 heteroatoms. The number of benzene rings is 1. The minimum Gasteiger partial charge on any atom is -0.341 e. The van der Waals surface area contributed by atoms with Crippen LogP contribution in [0.1, 0.15) is 42.5 Å². The van der Waals surface area contributed by atoms with Crippen molar-refractivity contribution in [1.82, 2.24) is 9.62 Å². The summed E-state index contributed by atoms with van der Waals surface area (Å²) in [6.07, 6.45) is 5.46. The Bertz CT molecular complexity index is 646. The van der Waals surface area contributed by atoms with E-state index in [-0.39, 0.29) is 16.8 Å². The highest BCUT2D eigenvalue weighted by atomic mass is 32.2. The smallest absolute Gasteiger partial charge is 0.253 e. The lowest BCUT2D eigenvalue weighted by atomic mass is 9.85. The first-order chi connectivity index (χ1) is 10.5. The molecule has 1 aromatic carbocycles. The number of hydrogen-bond acceptors (Lipinski definition) is 3. The largest absolute Gasteiger partial charge is 0.341 e. The van der Waals surface area contributed by atoms with Crippen LogP contribution in [0.5, 0.6) is 0 Å². The number of nitrogens with one attached hydrogen (secondary N) is 1. The molecule has 1 N–H and O–H groups in total. The second-order valence-electron chi connectivity index (χ2n) is 6.40. The van der Waals surface area contributed by atoms with Crippen LogP contribution in [0.25, 0.3) is 0 Å². The SMILES string of the molecule is CN(CC1CCC1)C(=O)c1ccc(S(=O)(=O)NC2CC2)cc1. The van der Waals surface area contributed by atoms with Crippen LogP contribution < -0.4 is 4.72 Å². The van der Waals surface area contributed by atoms with Gasteiger partial charge in [-0.1, -0.05) is 6.42 Å². The summed E-state index contributed by atoms with van der Waals surface area (Å²) in [6, 6.07) is 6.30. The van der Waals surface area contributed by atoms with Gasteiger partial charge in [0.15, 0.2) is 0 Å². The molecule has 1 aromatic rings. The predicted molar refractivity (Wildman–Crippen MR) is 84.1 cm³/mol. The standard InChI is InChI=1S/C16H22N2O3S/c1-18(11-12-3-2-4-12)16(19)13-5-9-15(10-6-13)22(20,21)17-14-7-8-14/h5-6,9-10,12,14,17H,2-4,7-8,11H2,1H3. The van der Waals surface area contributed by atoms with Crippen LogP contribution in [0, 0.1) is 5.92 Å². The number of carbonyl (C=O) groups is 1. The summed E-state index contributed by atoms with van der Waals surface area (Å²) < 4.78 is 26.8. The van der Waals surface area contributed by atoms with E-state index in [1.54, 1.807) is 24.1 Å². The van der Waals surface area contributed by atoms with E-state index in [0.29, 0.717) is 11.5 Å². The summed E-state index contributed by atoms with van der Waals surface area (Å²) in [6.45, 7) is 0.780. The lowest BCUT2D eigenvalue weighted by Gasteiger charge is -2.30. The molecule has 2 fully saturated rings. The zero-order valence-corrected chi connectivity index (χ0v) is 13.6. The van der Waals surface area contributed by atoms with E-state index < -0.39 is 10.0 Å². The first kappa shape index (κ1) is 15.5. The number of sulfonamides is 1. The van der Waals surface area contributed by atoms with Gasteiger partial charge in [0.05, 0.1) is 4.90 Å². The molecule has 2 aliphatic rings. The Balaban J connectivity index is 1.66. The summed E-state index contributed by atoms with van der Waals surface area (Å²) in [7, 11) is -1.64. The topological polar surface area (TPSA) is 66.5 Å². The number of amides is 1. The van der Waals surface area contributed by atoms with Crippen molar-refractivity contribution in [2.24, 2.45) is 5.92 Å². The van der Waals surface area contributed by atoms with Crippen molar-refractivity contribution in [1.29, 1.82) is 0 Å². The van der Waals surface area contributed by atoms with Crippen molar-refractivity contribution in [2.45, 2.75) is 43.0 Å². The third-order valence-electron chi connectivity index (χ3n) is 4.41. The van der Waals surface area contributed by atoms with Gasteiger partial charge in [0.25, 0.3) is 5.91 Å². The van der Waals surface area contributed by atoms with Crippen molar-refractivity contribution in [3.63, 3.8) is 0 Å². The molecule has 1 amide bonds. The van der Waals surface area contributed by atoms with Crippen LogP contribution in [-0.2, 0) is 10.0 Å². The summed E-state index contributed by atoms with van der Waals surface area (Å²) >= 11 is 0. The highest BCUT2D eigenvalue weighted by Crippen LogP contribution is 2.27. The maximum Gasteiger partial charge on any atom is 0.253 e. The maximum absolute atomic E-state index is 12.3. The fraction of sp³-hybridized carbons (Fsp3) is 0.562. The number of carbonyl (C=O) groups excluding carboxylic acids is 1. The number of nitrogens with zero attached hydrogens (tertiary/aromatic N) is 1. The van der Waals surface area contributed by atoms with Gasteiger partial charge in [-0.2, -0.15) is 0 Å². The minimum atomic E-state index is -3.45. The molecule has 0 spiro atoms. The maximum atomic E-state index is 12.3. The zero-order chi connectivity index (χ0) is 15.7. The molecule has 0 aliphatic heterocycles. The van der Waals surface area contributed by atoms with Crippen LogP contribution >= 0.6 is 0 Å². The van der Waals surface area contributed by atoms with E-state index in [4.69, 9.17) is 0 Å². The fourth-order valence-corrected chi connectivity index (χ4v) is 3.94. The molecule has 0 saturated heterocycles. The monoisotopic (exact) mass is 322 g/mol. The second-order valence-corrected chi connectivity index (χ2v) is 8.12. The van der Waals surface area contributed by atoms with Crippen molar-refractivity contribution >= 4 is 15.9 Å². The molecular weight excluding hydrogens is 300 g/mol. The van der Waals surface area contributed by atoms with Crippen LogP contribution in [-0.4, -0.2) is 38.9 Å². The lowest BCUT2D eigenvalue weighted by molar-refractivity contribution is 0.0745. The molecule has 2 saturated carbocycles. The average Bonchev–Trinajstić information content (AvgIpc) is 3.25. The fourth-order valence-electron chi connectivity index (χ4n) is 2.63. The predicted octanol–water partition coefficient (Wildman–Crippen LogP) is 2.00. The molecule has 0 radical (unpaired) electrons. The van der Waals surface area contributed by atoms with Crippen molar-refractivity contribution in [2.75, 3.05) is 13.6 Å². The molecule has 3 rings (SSSR count). The van der Waals surface area contributed by atoms with Crippen LogP contribution in [0.4, 0.5) is 0 Å². The van der Waals surface area contributed by atoms with E-state index in [1.807, 2.05) is 0 Å². The summed E-state index contributed by atoms with van der Waals surface area (Å²) in [5.74, 6) is 0.572. The Morgan fingerprint density at radius 3 is 2.32 bits per heavy atom. The van der Waals surface area contributed by atoms with Crippen LogP contribution in [0.3, 0.4) is 0 Å². The van der Waals surface area contributed by atoms with Gasteiger partial charge < -0.3 is 4.90 Å². The van der Waals surface area contributed by atoms with Gasteiger partial charge in [-0.3, -0.25) is 4.79 Å². The third kappa shape index (κ3) is 3.50. The molecule has 0 heterocycles. The van der Waals surface area contributed by atoms with Gasteiger partial charge in [0.1, 0.15) is 0 Å². The quantitative estimate of drug-likeness (QED) is 0.871. The lowest BCUT2D eigenvalue weighted by Crippen LogP contribution is -2.34. The van der Waals surface area contributed by atoms with E-state index >= 15 is 0 Å². The normalized spacial score (nSPS) is 18.8. The van der Waals surface area contributed by atoms with Gasteiger partial charge >= 0.3 is 0 Å². The second kappa shape index (κ2) is 6.01. The molecule has 0 unspecified atom stereocenters. The van der Waals surface area contributed by atoms with Gasteiger partial charge in [-0.15, -0.1) is 0 Å². The first-order valence-electron chi connectivity index (χ1n) is 7.83. The van der Waals surface area contributed by atoms with Crippen LogP contribution in [0.2, 0.25) is 0 Å². The van der Waals surface area contributed by atoms with Crippen LogP contribution in [0.15, 0.2) is 29.2 Å². The van der Waals surface area contributed by atoms with Crippen molar-refractivity contribution in [3.05, 3.63) is 29.8 Å². The average molecular weight is 322 g/mol. The summed E-state index contributed by atoms with van der Waals surface area (Å²) in [5, 5.41) is 0. The number of hydrogen-bond donors (Lipinski definition) is 1. The van der Waals surface area contributed by atoms with Crippen molar-refractivity contribution in [3.8, 4) is 0 Å². The van der Waals surface area contributed by atoms with E-state index in [1.165, 1.54) is 31.4 Å². The third-order valence-corrected chi connectivity index (χ3v) is 5.95. The molecule has 22 heavy (non-hydrogen) atoms. The Morgan fingerprint density at radius 2 is 1.82 bits per heavy atom. The van der Waals surface area contributed by atoms with Gasteiger partial charge in [-0.25, -0.2) is 13.1 Å². The molecule has 0 aromatic heterocycles. The Labute approximate surface area is 131 Å². The van der Waals surface area contributed by atoms with Gasteiger partial charge in [-0.05, 0) is 55.9 Å². The highest BCUT2D eigenvalue weighted by molar-refractivity contribution is 7.89. The molecule has 0 bridgehead atoms. The van der Waals surface area contributed by atoms with E-state index in [0.717, 1.165) is 19.4 Å². The molecular formula is C16H22N2O3S. The van der Waals surface area contributed by atoms with Gasteiger partial charge in [0, 0.05) is 25.2 Å². The Morgan fingerprint density at radius 1 is 1.18 bits per heavy atom. The van der Waals surface area contributed by atoms with Gasteiger partial charge in [0.2, 0.25) is 10.0 Å². The van der Waals surface area contributed by atoms with E-state index in [9.17, 15) is 13.2 Å². The van der Waals surface area contributed by atoms with E-state index in [2.05, 4.69) is 4.72 Å².